The Morgan fingerprint density at radius 3 is 2.21 bits per heavy atom. The summed E-state index contributed by atoms with van der Waals surface area (Å²) in [5, 5.41) is 8.39. The van der Waals surface area contributed by atoms with Crippen molar-refractivity contribution in [1.82, 2.24) is 0 Å². The van der Waals surface area contributed by atoms with Crippen molar-refractivity contribution in [1.29, 1.82) is 0 Å². The van der Waals surface area contributed by atoms with Crippen molar-refractivity contribution < 1.29 is 14.7 Å². The predicted octanol–water partition coefficient (Wildman–Crippen LogP) is 2.50. The minimum Gasteiger partial charge on any atom is -0.481 e. The van der Waals surface area contributed by atoms with Crippen LogP contribution in [-0.4, -0.2) is 16.9 Å². The molecule has 14 heavy (non-hydrogen) atoms. The molecule has 0 heterocycles. The molecule has 3 nitrogen and oxygen atoms in total. The second kappa shape index (κ2) is 4.91. The third-order valence-corrected chi connectivity index (χ3v) is 2.26. The molecule has 0 aliphatic heterocycles. The molecule has 0 aliphatic rings. The molecule has 1 N–H and O–H groups in total. The van der Waals surface area contributed by atoms with Gasteiger partial charge in [-0.1, -0.05) is 28.1 Å². The lowest BCUT2D eigenvalue weighted by atomic mass is 10.3. The van der Waals surface area contributed by atoms with E-state index in [0.717, 1.165) is 4.47 Å². The summed E-state index contributed by atoms with van der Waals surface area (Å²) in [4.78, 5) is 21.6. The standard InChI is InChI=1S/C10H9BrO3/c11-8-3-1-7(2-4-8)9(12)5-6-10(13)14/h1-4H,5-6H2,(H,13,14)/i1+1,2+1,3+1,4+1,7+1,8+1. The Kier molecular flexibility index (Phi) is 3.83. The first-order valence-electron chi connectivity index (χ1n) is 4.10. The first-order valence-corrected chi connectivity index (χ1v) is 4.89. The number of halogens is 1. The van der Waals surface area contributed by atoms with Crippen molar-refractivity contribution >= 4 is 27.7 Å². The van der Waals surface area contributed by atoms with Crippen LogP contribution >= 0.6 is 15.9 Å². The van der Waals surface area contributed by atoms with Gasteiger partial charge in [0.1, 0.15) is 0 Å². The first kappa shape index (κ1) is 10.9. The highest BCUT2D eigenvalue weighted by Crippen LogP contribution is 2.12. The molecule has 0 spiro atoms. The minimum absolute atomic E-state index is 0.0525. The molecule has 4 heteroatoms. The average Bonchev–Trinajstić information content (AvgIpc) is 2.15. The number of carbonyl (C=O) groups is 2. The Balaban J connectivity index is 2.61. The number of carbonyl (C=O) groups excluding carboxylic acids is 1. The molecule has 0 radical (unpaired) electrons. The van der Waals surface area contributed by atoms with E-state index in [9.17, 15) is 9.59 Å². The maximum Gasteiger partial charge on any atom is 0.303 e. The zero-order valence-electron chi connectivity index (χ0n) is 7.37. The maximum atomic E-state index is 11.4. The zero-order valence-corrected chi connectivity index (χ0v) is 8.95. The third-order valence-electron chi connectivity index (χ3n) is 1.73. The first-order chi connectivity index (χ1) is 6.59. The summed E-state index contributed by atoms with van der Waals surface area (Å²) in [7, 11) is 0. The van der Waals surface area contributed by atoms with Crippen LogP contribution < -0.4 is 0 Å². The normalized spacial score (nSPS) is 9.79. The number of carboxylic acids is 1. The fraction of sp³-hybridized carbons (Fsp3) is 0.200. The highest BCUT2D eigenvalue weighted by atomic mass is 79.9. The van der Waals surface area contributed by atoms with Crippen molar-refractivity contribution in [2.75, 3.05) is 0 Å². The SMILES string of the molecule is O=C(O)CCC(=O)[13c]1[13cH][13cH][13c](Br)[13cH][13cH]1. The molecule has 0 aliphatic carbocycles. The Morgan fingerprint density at radius 2 is 1.71 bits per heavy atom. The molecule has 0 atom stereocenters. The number of Topliss-reactive ketones (excluding diaryl/α,β-unsaturated/α-hetero) is 1. The topological polar surface area (TPSA) is 54.4 Å². The molecule has 1 aromatic rings. The van der Waals surface area contributed by atoms with Crippen LogP contribution in [0.3, 0.4) is 0 Å². The molecule has 0 unspecified atom stereocenters. The summed E-state index contributed by atoms with van der Waals surface area (Å²) in [6, 6.07) is 6.87. The Bertz CT molecular complexity index is 343. The van der Waals surface area contributed by atoms with E-state index in [0.29, 0.717) is 5.56 Å². The molecular weight excluding hydrogens is 254 g/mol. The van der Waals surface area contributed by atoms with E-state index in [1.807, 2.05) is 0 Å². The average molecular weight is 263 g/mol. The van der Waals surface area contributed by atoms with E-state index in [-0.39, 0.29) is 18.6 Å². The van der Waals surface area contributed by atoms with Gasteiger partial charge in [0.25, 0.3) is 0 Å². The van der Waals surface area contributed by atoms with E-state index in [4.69, 9.17) is 5.11 Å². The molecule has 0 fully saturated rings. The Labute approximate surface area is 89.9 Å². The van der Waals surface area contributed by atoms with Crippen molar-refractivity contribution in [3.05, 3.63) is 34.3 Å². The van der Waals surface area contributed by atoms with Crippen LogP contribution in [0.25, 0.3) is 0 Å². The number of rotatable bonds is 4. The van der Waals surface area contributed by atoms with E-state index < -0.39 is 5.97 Å². The zero-order chi connectivity index (χ0) is 10.6. The lowest BCUT2D eigenvalue weighted by Crippen LogP contribution is -2.03. The van der Waals surface area contributed by atoms with Gasteiger partial charge >= 0.3 is 5.97 Å². The number of carboxylic acid groups (broad SMARTS) is 1. The van der Waals surface area contributed by atoms with Gasteiger partial charge in [-0.25, -0.2) is 0 Å². The Morgan fingerprint density at radius 1 is 1.14 bits per heavy atom. The summed E-state index contributed by atoms with van der Waals surface area (Å²) in [5.41, 5.74) is 0.550. The van der Waals surface area contributed by atoms with Crippen molar-refractivity contribution in [3.63, 3.8) is 0 Å². The van der Waals surface area contributed by atoms with E-state index >= 15 is 0 Å². The minimum atomic E-state index is -0.949. The fourth-order valence-corrected chi connectivity index (χ4v) is 1.26. The number of hydrogen-bond donors (Lipinski definition) is 1. The number of benzene rings is 1. The molecule has 1 rings (SSSR count). The number of aliphatic carboxylic acids is 1. The molecule has 0 aromatic heterocycles. The largest absolute Gasteiger partial charge is 0.481 e. The van der Waals surface area contributed by atoms with Crippen molar-refractivity contribution in [3.8, 4) is 0 Å². The lowest BCUT2D eigenvalue weighted by Gasteiger charge is -1.98. The van der Waals surface area contributed by atoms with Crippen molar-refractivity contribution in [2.45, 2.75) is 12.8 Å². The van der Waals surface area contributed by atoms with Crippen LogP contribution in [0, 0.1) is 0 Å². The molecule has 74 valence electrons. The van der Waals surface area contributed by atoms with Crippen molar-refractivity contribution in [2.24, 2.45) is 0 Å². The van der Waals surface area contributed by atoms with Gasteiger partial charge in [-0.05, 0) is 12.1 Å². The maximum absolute atomic E-state index is 11.4. The summed E-state index contributed by atoms with van der Waals surface area (Å²) in [5.74, 6) is -1.09. The third kappa shape index (κ3) is 3.30. The summed E-state index contributed by atoms with van der Waals surface area (Å²) in [6.45, 7) is 0. The highest BCUT2D eigenvalue weighted by molar-refractivity contribution is 9.10. The van der Waals surface area contributed by atoms with Gasteiger partial charge in [0.05, 0.1) is 6.42 Å². The van der Waals surface area contributed by atoms with Gasteiger partial charge < -0.3 is 5.11 Å². The summed E-state index contributed by atoms with van der Waals surface area (Å²) in [6.07, 6.45) is -0.0636. The smallest absolute Gasteiger partial charge is 0.303 e. The predicted molar refractivity (Wildman–Crippen MR) is 55.3 cm³/mol. The summed E-state index contributed by atoms with van der Waals surface area (Å²) >= 11 is 3.25. The summed E-state index contributed by atoms with van der Waals surface area (Å²) < 4.78 is 0.896. The number of hydrogen-bond acceptors (Lipinski definition) is 2. The molecule has 1 aromatic carbocycles. The second-order valence-electron chi connectivity index (χ2n) is 2.82. The molecule has 0 bridgehead atoms. The van der Waals surface area contributed by atoms with Gasteiger partial charge in [0.15, 0.2) is 5.78 Å². The van der Waals surface area contributed by atoms with Crippen LogP contribution in [0.2, 0.25) is 0 Å². The van der Waals surface area contributed by atoms with Gasteiger partial charge in [-0.3, -0.25) is 9.59 Å². The van der Waals surface area contributed by atoms with Crippen LogP contribution in [0.5, 0.6) is 0 Å². The molecule has 0 amide bonds. The lowest BCUT2D eigenvalue weighted by molar-refractivity contribution is -0.136. The quantitative estimate of drug-likeness (QED) is 0.849. The van der Waals surface area contributed by atoms with Crippen LogP contribution in [0.1, 0.15) is 23.2 Å². The second-order valence-corrected chi connectivity index (χ2v) is 3.74. The van der Waals surface area contributed by atoms with E-state index in [1.54, 1.807) is 24.3 Å². The fourth-order valence-electron chi connectivity index (χ4n) is 1.00. The van der Waals surface area contributed by atoms with Crippen LogP contribution in [0.15, 0.2) is 28.7 Å². The number of ketones is 1. The van der Waals surface area contributed by atoms with Gasteiger partial charge in [0, 0.05) is 16.5 Å². The molecule has 0 saturated heterocycles. The van der Waals surface area contributed by atoms with Gasteiger partial charge in [-0.2, -0.15) is 0 Å². The van der Waals surface area contributed by atoms with Crippen LogP contribution in [-0.2, 0) is 4.79 Å². The highest BCUT2D eigenvalue weighted by Gasteiger charge is 2.07. The Hall–Kier alpha value is -1.16. The van der Waals surface area contributed by atoms with E-state index in [1.165, 1.54) is 0 Å². The monoisotopic (exact) mass is 262 g/mol. The van der Waals surface area contributed by atoms with E-state index in [2.05, 4.69) is 15.9 Å². The molecular formula is C10H9BrO3. The van der Waals surface area contributed by atoms with Gasteiger partial charge in [-0.15, -0.1) is 0 Å². The van der Waals surface area contributed by atoms with Crippen LogP contribution in [0.4, 0.5) is 0 Å². The van der Waals surface area contributed by atoms with Gasteiger partial charge in [0.2, 0.25) is 0 Å². The molecule has 0 saturated carbocycles.